The Labute approximate surface area is 57.1 Å². The van der Waals surface area contributed by atoms with Gasteiger partial charge in [-0.1, -0.05) is 13.5 Å². The van der Waals surface area contributed by atoms with Gasteiger partial charge in [0, 0.05) is 18.3 Å². The van der Waals surface area contributed by atoms with E-state index in [-0.39, 0.29) is 0 Å². The Balaban J connectivity index is 3.16. The normalized spacial score (nSPS) is 13.1. The lowest BCUT2D eigenvalue weighted by molar-refractivity contribution is 0.559. The van der Waals surface area contributed by atoms with Gasteiger partial charge in [0.25, 0.3) is 0 Å². The molecule has 9 heavy (non-hydrogen) atoms. The molecule has 0 bridgehead atoms. The maximum Gasteiger partial charge on any atom is 0.0348 e. The highest BCUT2D eigenvalue weighted by atomic mass is 14.9. The molecule has 0 spiro atoms. The zero-order valence-electron chi connectivity index (χ0n) is 6.28. The van der Waals surface area contributed by atoms with Crippen LogP contribution in [-0.2, 0) is 0 Å². The van der Waals surface area contributed by atoms with E-state index >= 15 is 0 Å². The highest BCUT2D eigenvalue weighted by molar-refractivity contribution is 4.89. The van der Waals surface area contributed by atoms with Gasteiger partial charge in [-0.2, -0.15) is 0 Å². The number of hydrogen-bond acceptors (Lipinski definition) is 2. The van der Waals surface area contributed by atoms with Crippen LogP contribution in [0.15, 0.2) is 12.3 Å². The van der Waals surface area contributed by atoms with Crippen LogP contribution in [0.25, 0.3) is 0 Å². The average Bonchev–Trinajstić information content (AvgIpc) is 1.83. The average molecular weight is 128 g/mol. The summed E-state index contributed by atoms with van der Waals surface area (Å²) in [6.07, 6.45) is 1.13. The van der Waals surface area contributed by atoms with Gasteiger partial charge in [0.15, 0.2) is 0 Å². The lowest BCUT2D eigenvalue weighted by Crippen LogP contribution is -2.28. The Morgan fingerprint density at radius 2 is 2.33 bits per heavy atom. The summed E-state index contributed by atoms with van der Waals surface area (Å²) in [5, 5.41) is 3.21. The van der Waals surface area contributed by atoms with E-state index in [1.165, 1.54) is 0 Å². The highest BCUT2D eigenvalue weighted by Gasteiger charge is 1.94. The predicted octanol–water partition coefficient (Wildman–Crippen LogP) is 0.847. The Morgan fingerprint density at radius 1 is 1.78 bits per heavy atom. The minimum atomic E-state index is 0.547. The van der Waals surface area contributed by atoms with E-state index in [0.717, 1.165) is 13.0 Å². The minimum absolute atomic E-state index is 0.547. The molecule has 0 saturated carbocycles. The Hall–Kier alpha value is -0.500. The summed E-state index contributed by atoms with van der Waals surface area (Å²) in [5.74, 6) is 0. The van der Waals surface area contributed by atoms with Crippen LogP contribution in [0.1, 0.15) is 20.3 Å². The Morgan fingerprint density at radius 3 is 2.67 bits per heavy atom. The van der Waals surface area contributed by atoms with Gasteiger partial charge in [0.05, 0.1) is 0 Å². The third kappa shape index (κ3) is 5.37. The molecular weight excluding hydrogens is 112 g/mol. The first kappa shape index (κ1) is 8.50. The molecule has 0 unspecified atom stereocenters. The number of rotatable bonds is 4. The molecule has 0 aromatic rings. The van der Waals surface area contributed by atoms with Crippen LogP contribution in [-0.4, -0.2) is 12.6 Å². The van der Waals surface area contributed by atoms with Crippen molar-refractivity contribution >= 4 is 0 Å². The summed E-state index contributed by atoms with van der Waals surface area (Å²) in [7, 11) is 0. The minimum Gasteiger partial charge on any atom is -0.401 e. The molecule has 0 saturated heterocycles. The van der Waals surface area contributed by atoms with Crippen molar-refractivity contribution in [3.63, 3.8) is 0 Å². The van der Waals surface area contributed by atoms with Crippen molar-refractivity contribution in [1.29, 1.82) is 0 Å². The fraction of sp³-hybridized carbons (Fsp3) is 0.714. The van der Waals surface area contributed by atoms with Gasteiger partial charge in [-0.05, 0) is 13.3 Å². The zero-order chi connectivity index (χ0) is 7.28. The summed E-state index contributed by atoms with van der Waals surface area (Å²) in [6.45, 7) is 8.57. The molecule has 2 nitrogen and oxygen atoms in total. The molecule has 0 amide bonds. The zero-order valence-corrected chi connectivity index (χ0v) is 6.28. The molecule has 1 atom stereocenters. The third-order valence-corrected chi connectivity index (χ3v) is 1.29. The molecule has 0 aliphatic heterocycles. The van der Waals surface area contributed by atoms with Crippen LogP contribution in [0.3, 0.4) is 0 Å². The van der Waals surface area contributed by atoms with Gasteiger partial charge in [0.1, 0.15) is 0 Å². The first-order chi connectivity index (χ1) is 4.16. The lowest BCUT2D eigenvalue weighted by Gasteiger charge is -2.09. The van der Waals surface area contributed by atoms with Gasteiger partial charge >= 0.3 is 0 Å². The fourth-order valence-corrected chi connectivity index (χ4v) is 0.450. The quantitative estimate of drug-likeness (QED) is 0.589. The van der Waals surface area contributed by atoms with Gasteiger partial charge in [-0.25, -0.2) is 0 Å². The van der Waals surface area contributed by atoms with E-state index in [1.54, 1.807) is 0 Å². The first-order valence-electron chi connectivity index (χ1n) is 3.33. The molecule has 0 aromatic heterocycles. The van der Waals surface area contributed by atoms with Crippen LogP contribution in [0.5, 0.6) is 0 Å². The van der Waals surface area contributed by atoms with Gasteiger partial charge < -0.3 is 11.1 Å². The van der Waals surface area contributed by atoms with E-state index in [0.29, 0.717) is 11.7 Å². The predicted molar refractivity (Wildman–Crippen MR) is 41.1 cm³/mol. The molecule has 0 radical (unpaired) electrons. The second-order valence-corrected chi connectivity index (χ2v) is 2.35. The van der Waals surface area contributed by atoms with Crippen LogP contribution in [0, 0.1) is 0 Å². The van der Waals surface area contributed by atoms with Gasteiger partial charge in [-0.15, -0.1) is 0 Å². The molecule has 2 heteroatoms. The van der Waals surface area contributed by atoms with Crippen molar-refractivity contribution in [3.05, 3.63) is 12.3 Å². The van der Waals surface area contributed by atoms with E-state index in [2.05, 4.69) is 25.7 Å². The molecular formula is C7H16N2. The molecule has 0 rings (SSSR count). The summed E-state index contributed by atoms with van der Waals surface area (Å²) in [4.78, 5) is 0. The van der Waals surface area contributed by atoms with Crippen LogP contribution in [0.4, 0.5) is 0 Å². The molecule has 0 aliphatic carbocycles. The van der Waals surface area contributed by atoms with Crippen molar-refractivity contribution in [2.75, 3.05) is 6.54 Å². The maximum absolute atomic E-state index is 5.34. The summed E-state index contributed by atoms with van der Waals surface area (Å²) < 4.78 is 0. The monoisotopic (exact) mass is 128 g/mol. The number of nitrogens with one attached hydrogen (secondary N) is 1. The molecule has 0 heterocycles. The smallest absolute Gasteiger partial charge is 0.0348 e. The van der Waals surface area contributed by atoms with E-state index < -0.39 is 0 Å². The fourth-order valence-electron chi connectivity index (χ4n) is 0.450. The Kier molecular flexibility index (Phi) is 4.14. The second-order valence-electron chi connectivity index (χ2n) is 2.35. The number of hydrogen-bond donors (Lipinski definition) is 2. The van der Waals surface area contributed by atoms with Crippen LogP contribution >= 0.6 is 0 Å². The SMILES string of the molecule is C=C(N)CN[C@@H](C)CC. The molecule has 0 aromatic carbocycles. The highest BCUT2D eigenvalue weighted by Crippen LogP contribution is 1.86. The molecule has 0 aliphatic rings. The maximum atomic E-state index is 5.34. The summed E-state index contributed by atoms with van der Waals surface area (Å²) in [6, 6.07) is 0.547. The van der Waals surface area contributed by atoms with E-state index in [1.807, 2.05) is 0 Å². The van der Waals surface area contributed by atoms with Gasteiger partial charge in [-0.3, -0.25) is 0 Å². The van der Waals surface area contributed by atoms with E-state index in [9.17, 15) is 0 Å². The van der Waals surface area contributed by atoms with Gasteiger partial charge in [0.2, 0.25) is 0 Å². The lowest BCUT2D eigenvalue weighted by atomic mass is 10.2. The largest absolute Gasteiger partial charge is 0.401 e. The second kappa shape index (κ2) is 4.39. The third-order valence-electron chi connectivity index (χ3n) is 1.29. The van der Waals surface area contributed by atoms with Crippen LogP contribution < -0.4 is 11.1 Å². The molecule has 54 valence electrons. The topological polar surface area (TPSA) is 38.0 Å². The number of nitrogens with two attached hydrogens (primary N) is 1. The molecule has 0 fully saturated rings. The first-order valence-corrected chi connectivity index (χ1v) is 3.33. The van der Waals surface area contributed by atoms with E-state index in [4.69, 9.17) is 5.73 Å². The standard InChI is InChI=1S/C7H16N2/c1-4-7(3)9-5-6(2)8/h7,9H,2,4-5,8H2,1,3H3/t7-/m0/s1. The Bertz CT molecular complexity index is 88.9. The summed E-state index contributed by atoms with van der Waals surface area (Å²) in [5.41, 5.74) is 6.04. The van der Waals surface area contributed by atoms with Crippen molar-refractivity contribution in [2.24, 2.45) is 5.73 Å². The van der Waals surface area contributed by atoms with Crippen molar-refractivity contribution in [1.82, 2.24) is 5.32 Å². The van der Waals surface area contributed by atoms with Crippen molar-refractivity contribution in [2.45, 2.75) is 26.3 Å². The summed E-state index contributed by atoms with van der Waals surface area (Å²) >= 11 is 0. The van der Waals surface area contributed by atoms with Crippen molar-refractivity contribution in [3.8, 4) is 0 Å². The molecule has 3 N–H and O–H groups in total. The van der Waals surface area contributed by atoms with Crippen LogP contribution in [0.2, 0.25) is 0 Å². The van der Waals surface area contributed by atoms with Crippen molar-refractivity contribution < 1.29 is 0 Å².